The van der Waals surface area contributed by atoms with E-state index in [9.17, 15) is 9.18 Å². The van der Waals surface area contributed by atoms with Gasteiger partial charge in [0, 0.05) is 49.7 Å². The largest absolute Gasteiger partial charge is 0.497 e. The van der Waals surface area contributed by atoms with Crippen LogP contribution in [0.1, 0.15) is 21.7 Å². The van der Waals surface area contributed by atoms with Crippen LogP contribution in [0.15, 0.2) is 48.5 Å². The van der Waals surface area contributed by atoms with Crippen LogP contribution in [0.25, 0.3) is 0 Å². The third-order valence-corrected chi connectivity index (χ3v) is 5.68. The summed E-state index contributed by atoms with van der Waals surface area (Å²) >= 11 is 1.37. The average Bonchev–Trinajstić information content (AvgIpc) is 3.22. The number of amides is 1. The molecular formula is C21H21FN4O2S. The molecule has 1 amide bonds. The number of halogens is 1. The van der Waals surface area contributed by atoms with E-state index in [1.165, 1.54) is 23.7 Å². The second-order valence-corrected chi connectivity index (χ2v) is 7.54. The van der Waals surface area contributed by atoms with Crippen LogP contribution in [0.4, 0.5) is 9.52 Å². The molecule has 1 aliphatic heterocycles. The SMILES string of the molecule is COc1cccc(Cc2nsc(N3CCN(C(=O)c4cccc(F)c4)CC3)n2)c1. The highest BCUT2D eigenvalue weighted by Crippen LogP contribution is 2.22. The first-order chi connectivity index (χ1) is 14.1. The highest BCUT2D eigenvalue weighted by Gasteiger charge is 2.24. The molecule has 3 aromatic rings. The molecule has 150 valence electrons. The van der Waals surface area contributed by atoms with Crippen LogP contribution in [0.5, 0.6) is 5.75 Å². The Kier molecular flexibility index (Phi) is 5.71. The van der Waals surface area contributed by atoms with E-state index in [-0.39, 0.29) is 5.91 Å². The third-order valence-electron chi connectivity index (χ3n) is 4.86. The van der Waals surface area contributed by atoms with Crippen LogP contribution in [0.3, 0.4) is 0 Å². The molecule has 2 aromatic carbocycles. The molecule has 1 aliphatic rings. The first kappa shape index (κ1) is 19.3. The molecule has 0 N–H and O–H groups in total. The van der Waals surface area contributed by atoms with Gasteiger partial charge in [-0.2, -0.15) is 4.37 Å². The zero-order valence-corrected chi connectivity index (χ0v) is 16.9. The van der Waals surface area contributed by atoms with Crippen molar-refractivity contribution < 1.29 is 13.9 Å². The van der Waals surface area contributed by atoms with Gasteiger partial charge in [0.05, 0.1) is 7.11 Å². The fourth-order valence-electron chi connectivity index (χ4n) is 3.31. The van der Waals surface area contributed by atoms with Crippen molar-refractivity contribution >= 4 is 22.6 Å². The van der Waals surface area contributed by atoms with Crippen LogP contribution in [-0.2, 0) is 6.42 Å². The maximum absolute atomic E-state index is 13.4. The minimum absolute atomic E-state index is 0.139. The molecule has 0 atom stereocenters. The van der Waals surface area contributed by atoms with Crippen molar-refractivity contribution in [3.63, 3.8) is 0 Å². The molecule has 2 heterocycles. The van der Waals surface area contributed by atoms with Crippen molar-refractivity contribution in [3.05, 3.63) is 71.3 Å². The van der Waals surface area contributed by atoms with Crippen LogP contribution >= 0.6 is 11.5 Å². The molecule has 1 saturated heterocycles. The summed E-state index contributed by atoms with van der Waals surface area (Å²) in [5, 5.41) is 0.862. The monoisotopic (exact) mass is 412 g/mol. The number of ether oxygens (including phenoxy) is 1. The Morgan fingerprint density at radius 2 is 1.93 bits per heavy atom. The first-order valence-electron chi connectivity index (χ1n) is 9.37. The van der Waals surface area contributed by atoms with Crippen molar-refractivity contribution in [1.82, 2.24) is 14.3 Å². The van der Waals surface area contributed by atoms with Gasteiger partial charge >= 0.3 is 0 Å². The van der Waals surface area contributed by atoms with E-state index in [2.05, 4.69) is 14.3 Å². The third kappa shape index (κ3) is 4.54. The molecule has 1 fully saturated rings. The van der Waals surface area contributed by atoms with Crippen LogP contribution in [0, 0.1) is 5.82 Å². The lowest BCUT2D eigenvalue weighted by molar-refractivity contribution is 0.0746. The van der Waals surface area contributed by atoms with Crippen molar-refractivity contribution in [3.8, 4) is 5.75 Å². The molecule has 0 aliphatic carbocycles. The molecule has 0 saturated carbocycles. The van der Waals surface area contributed by atoms with Crippen LogP contribution in [-0.4, -0.2) is 53.5 Å². The van der Waals surface area contributed by atoms with Gasteiger partial charge in [-0.05, 0) is 35.9 Å². The molecular weight excluding hydrogens is 391 g/mol. The van der Waals surface area contributed by atoms with E-state index in [0.29, 0.717) is 38.2 Å². The number of hydrogen-bond acceptors (Lipinski definition) is 6. The highest BCUT2D eigenvalue weighted by molar-refractivity contribution is 7.09. The van der Waals surface area contributed by atoms with Gasteiger partial charge in [-0.25, -0.2) is 9.37 Å². The molecule has 0 spiro atoms. The normalized spacial score (nSPS) is 14.1. The van der Waals surface area contributed by atoms with Gasteiger partial charge in [0.25, 0.3) is 5.91 Å². The van der Waals surface area contributed by atoms with E-state index < -0.39 is 5.82 Å². The predicted molar refractivity (Wildman–Crippen MR) is 110 cm³/mol. The molecule has 29 heavy (non-hydrogen) atoms. The summed E-state index contributed by atoms with van der Waals surface area (Å²) in [5.74, 6) is 1.06. The second kappa shape index (κ2) is 8.57. The summed E-state index contributed by atoms with van der Waals surface area (Å²) in [4.78, 5) is 21.1. The molecule has 6 nitrogen and oxygen atoms in total. The van der Waals surface area contributed by atoms with Gasteiger partial charge in [-0.1, -0.05) is 18.2 Å². The Hall–Kier alpha value is -3.00. The number of rotatable bonds is 5. The fraction of sp³-hybridized carbons (Fsp3) is 0.286. The zero-order chi connectivity index (χ0) is 20.2. The molecule has 0 radical (unpaired) electrons. The van der Waals surface area contributed by atoms with Gasteiger partial charge in [0.2, 0.25) is 5.13 Å². The summed E-state index contributed by atoms with van der Waals surface area (Å²) in [7, 11) is 1.65. The number of carbonyl (C=O) groups excluding carboxylic acids is 1. The minimum atomic E-state index is -0.396. The van der Waals surface area contributed by atoms with E-state index >= 15 is 0 Å². The van der Waals surface area contributed by atoms with Gasteiger partial charge < -0.3 is 14.5 Å². The Labute approximate surface area is 172 Å². The number of aromatic nitrogens is 2. The quantitative estimate of drug-likeness (QED) is 0.644. The van der Waals surface area contributed by atoms with Gasteiger partial charge in [-0.3, -0.25) is 4.79 Å². The topological polar surface area (TPSA) is 58.6 Å². The lowest BCUT2D eigenvalue weighted by atomic mass is 10.1. The number of benzene rings is 2. The number of hydrogen-bond donors (Lipinski definition) is 0. The fourth-order valence-corrected chi connectivity index (χ4v) is 4.05. The van der Waals surface area contributed by atoms with Crippen LogP contribution in [0.2, 0.25) is 0 Å². The van der Waals surface area contributed by atoms with E-state index in [1.807, 2.05) is 24.3 Å². The maximum Gasteiger partial charge on any atom is 0.254 e. The number of methoxy groups -OCH3 is 1. The van der Waals surface area contributed by atoms with Crippen molar-refractivity contribution in [1.29, 1.82) is 0 Å². The molecule has 8 heteroatoms. The smallest absolute Gasteiger partial charge is 0.254 e. The second-order valence-electron chi connectivity index (χ2n) is 6.81. The van der Waals surface area contributed by atoms with E-state index in [4.69, 9.17) is 4.74 Å². The Morgan fingerprint density at radius 3 is 2.69 bits per heavy atom. The van der Waals surface area contributed by atoms with E-state index in [0.717, 1.165) is 22.3 Å². The van der Waals surface area contributed by atoms with Crippen LogP contribution < -0.4 is 9.64 Å². The zero-order valence-electron chi connectivity index (χ0n) is 16.0. The number of carbonyl (C=O) groups is 1. The molecule has 1 aromatic heterocycles. The Balaban J connectivity index is 1.36. The summed E-state index contributed by atoms with van der Waals surface area (Å²) in [5.41, 5.74) is 1.48. The van der Waals surface area contributed by atoms with Crippen molar-refractivity contribution in [2.24, 2.45) is 0 Å². The number of anilines is 1. The van der Waals surface area contributed by atoms with Gasteiger partial charge in [0.1, 0.15) is 17.4 Å². The lowest BCUT2D eigenvalue weighted by Gasteiger charge is -2.34. The number of piperazine rings is 1. The average molecular weight is 412 g/mol. The summed E-state index contributed by atoms with van der Waals surface area (Å²) in [6.45, 7) is 2.49. The molecule has 0 bridgehead atoms. The summed E-state index contributed by atoms with van der Waals surface area (Å²) in [6, 6.07) is 13.7. The van der Waals surface area contributed by atoms with E-state index in [1.54, 1.807) is 24.1 Å². The summed E-state index contributed by atoms with van der Waals surface area (Å²) in [6.07, 6.45) is 0.645. The van der Waals surface area contributed by atoms with Crippen molar-refractivity contribution in [2.45, 2.75) is 6.42 Å². The van der Waals surface area contributed by atoms with Crippen molar-refractivity contribution in [2.75, 3.05) is 38.2 Å². The first-order valence-corrected chi connectivity index (χ1v) is 10.1. The maximum atomic E-state index is 13.4. The number of nitrogens with zero attached hydrogens (tertiary/aromatic N) is 4. The molecule has 4 rings (SSSR count). The molecule has 0 unspecified atom stereocenters. The summed E-state index contributed by atoms with van der Waals surface area (Å²) < 4.78 is 23.1. The lowest BCUT2D eigenvalue weighted by Crippen LogP contribution is -2.48. The minimum Gasteiger partial charge on any atom is -0.497 e. The van der Waals surface area contributed by atoms with Gasteiger partial charge in [-0.15, -0.1) is 0 Å². The Morgan fingerprint density at radius 1 is 1.14 bits per heavy atom. The Bertz CT molecular complexity index is 1000. The standard InChI is InChI=1S/C21H21FN4O2S/c1-28-18-7-2-4-15(12-18)13-19-23-21(29-24-19)26-10-8-25(9-11-26)20(27)16-5-3-6-17(22)14-16/h2-7,12,14H,8-11,13H2,1H3. The predicted octanol–water partition coefficient (Wildman–Crippen LogP) is 3.24. The highest BCUT2D eigenvalue weighted by atomic mass is 32.1. The van der Waals surface area contributed by atoms with Gasteiger partial charge in [0.15, 0.2) is 0 Å².